The third-order valence-electron chi connectivity index (χ3n) is 10.9. The summed E-state index contributed by atoms with van der Waals surface area (Å²) >= 11 is 0. The molecule has 1 unspecified atom stereocenters. The summed E-state index contributed by atoms with van der Waals surface area (Å²) in [7, 11) is 0. The van der Waals surface area contributed by atoms with Crippen LogP contribution < -0.4 is 0 Å². The van der Waals surface area contributed by atoms with Crippen LogP contribution in [-0.2, 0) is 28.6 Å². The van der Waals surface area contributed by atoms with Crippen molar-refractivity contribution in [3.05, 3.63) is 24.3 Å². The van der Waals surface area contributed by atoms with Gasteiger partial charge < -0.3 is 14.2 Å². The van der Waals surface area contributed by atoms with Gasteiger partial charge in [0.05, 0.1) is 0 Å². The van der Waals surface area contributed by atoms with E-state index in [1.807, 2.05) is 0 Å². The number of esters is 3. The summed E-state index contributed by atoms with van der Waals surface area (Å²) in [5.74, 6) is -0.903. The molecule has 334 valence electrons. The SMILES string of the molecule is CCCCCCCCC/C=C\CCCCCC(=O)OCC(COC(=O)CCCCCCCCCCCCC)OC(=O)CCCCC/C=C\CCCCCCCCC. The molecule has 0 aliphatic carbocycles. The van der Waals surface area contributed by atoms with Crippen LogP contribution in [0.3, 0.4) is 0 Å². The summed E-state index contributed by atoms with van der Waals surface area (Å²) in [6, 6.07) is 0. The van der Waals surface area contributed by atoms with Crippen molar-refractivity contribution in [3.63, 3.8) is 0 Å². The second-order valence-electron chi connectivity index (χ2n) is 16.7. The van der Waals surface area contributed by atoms with E-state index in [-0.39, 0.29) is 31.1 Å². The molecule has 0 N–H and O–H groups in total. The Balaban J connectivity index is 4.39. The van der Waals surface area contributed by atoms with Gasteiger partial charge in [0.25, 0.3) is 0 Å². The van der Waals surface area contributed by atoms with Gasteiger partial charge in [-0.3, -0.25) is 14.4 Å². The average molecular weight is 803 g/mol. The van der Waals surface area contributed by atoms with Crippen LogP contribution in [0.1, 0.15) is 265 Å². The quantitative estimate of drug-likeness (QED) is 0.0264. The van der Waals surface area contributed by atoms with Gasteiger partial charge in [-0.2, -0.15) is 0 Å². The molecule has 0 aromatic rings. The van der Waals surface area contributed by atoms with E-state index in [4.69, 9.17) is 14.2 Å². The van der Waals surface area contributed by atoms with Gasteiger partial charge in [0, 0.05) is 19.3 Å². The molecule has 0 saturated heterocycles. The number of carbonyl (C=O) groups is 3. The van der Waals surface area contributed by atoms with Crippen LogP contribution in [0, 0.1) is 0 Å². The molecular weight excluding hydrogens is 709 g/mol. The topological polar surface area (TPSA) is 78.9 Å². The van der Waals surface area contributed by atoms with E-state index in [0.29, 0.717) is 19.3 Å². The number of unbranched alkanes of at least 4 members (excludes halogenated alkanes) is 30. The van der Waals surface area contributed by atoms with Crippen molar-refractivity contribution in [1.82, 2.24) is 0 Å². The first-order chi connectivity index (χ1) is 28.0. The molecule has 0 aliphatic rings. The molecule has 0 amide bonds. The molecule has 0 aromatic heterocycles. The minimum atomic E-state index is -0.779. The van der Waals surface area contributed by atoms with E-state index in [9.17, 15) is 14.4 Å². The van der Waals surface area contributed by atoms with Crippen molar-refractivity contribution in [2.75, 3.05) is 13.2 Å². The molecule has 6 heteroatoms. The first kappa shape index (κ1) is 54.9. The molecule has 1 atom stereocenters. The van der Waals surface area contributed by atoms with E-state index in [2.05, 4.69) is 45.1 Å². The van der Waals surface area contributed by atoms with E-state index in [1.54, 1.807) is 0 Å². The molecule has 0 rings (SSSR count). The zero-order chi connectivity index (χ0) is 41.5. The average Bonchev–Trinajstić information content (AvgIpc) is 3.21. The number of hydrogen-bond acceptors (Lipinski definition) is 6. The standard InChI is InChI=1S/C51H94O6/c1-4-7-10-13-16-19-22-24-26-29-32-35-38-41-44-50(53)56-47-48(46-55-49(52)43-40-37-34-31-28-21-18-15-12-9-6-3)57-51(54)45-42-39-36-33-30-27-25-23-20-17-14-11-8-5-2/h26-27,29-30,48H,4-25,28,31-47H2,1-3H3/b29-26-,30-27-. The van der Waals surface area contributed by atoms with Crippen LogP contribution in [0.25, 0.3) is 0 Å². The fourth-order valence-electron chi connectivity index (χ4n) is 7.14. The zero-order valence-electron chi connectivity index (χ0n) is 38.1. The van der Waals surface area contributed by atoms with Gasteiger partial charge in [-0.15, -0.1) is 0 Å². The Kier molecular flexibility index (Phi) is 44.9. The van der Waals surface area contributed by atoms with E-state index < -0.39 is 6.10 Å². The third kappa shape index (κ3) is 44.8. The third-order valence-corrected chi connectivity index (χ3v) is 10.9. The van der Waals surface area contributed by atoms with Gasteiger partial charge in [0.15, 0.2) is 6.10 Å². The highest BCUT2D eigenvalue weighted by atomic mass is 16.6. The van der Waals surface area contributed by atoms with Crippen molar-refractivity contribution in [2.45, 2.75) is 271 Å². The monoisotopic (exact) mass is 803 g/mol. The maximum Gasteiger partial charge on any atom is 0.306 e. The number of ether oxygens (including phenoxy) is 3. The van der Waals surface area contributed by atoms with Crippen molar-refractivity contribution in [3.8, 4) is 0 Å². The lowest BCUT2D eigenvalue weighted by Crippen LogP contribution is -2.30. The van der Waals surface area contributed by atoms with E-state index >= 15 is 0 Å². The summed E-state index contributed by atoms with van der Waals surface area (Å²) in [6.45, 7) is 6.61. The van der Waals surface area contributed by atoms with Crippen molar-refractivity contribution in [2.24, 2.45) is 0 Å². The molecule has 0 fully saturated rings. The lowest BCUT2D eigenvalue weighted by molar-refractivity contribution is -0.167. The van der Waals surface area contributed by atoms with Crippen LogP contribution in [0.4, 0.5) is 0 Å². The van der Waals surface area contributed by atoms with Crippen LogP contribution in [0.2, 0.25) is 0 Å². The van der Waals surface area contributed by atoms with Crippen LogP contribution in [-0.4, -0.2) is 37.2 Å². The summed E-state index contributed by atoms with van der Waals surface area (Å²) in [5.41, 5.74) is 0. The van der Waals surface area contributed by atoms with Crippen LogP contribution in [0.5, 0.6) is 0 Å². The highest BCUT2D eigenvalue weighted by Crippen LogP contribution is 2.14. The smallest absolute Gasteiger partial charge is 0.306 e. The second-order valence-corrected chi connectivity index (χ2v) is 16.7. The summed E-state index contributed by atoms with van der Waals surface area (Å²) in [6.07, 6.45) is 51.6. The maximum absolute atomic E-state index is 12.7. The Hall–Kier alpha value is -2.11. The first-order valence-electron chi connectivity index (χ1n) is 24.8. The van der Waals surface area contributed by atoms with Crippen LogP contribution >= 0.6 is 0 Å². The summed E-state index contributed by atoms with van der Waals surface area (Å²) in [4.78, 5) is 37.8. The van der Waals surface area contributed by atoms with Gasteiger partial charge >= 0.3 is 17.9 Å². The first-order valence-corrected chi connectivity index (χ1v) is 24.8. The molecule has 0 heterocycles. The number of carbonyl (C=O) groups excluding carboxylic acids is 3. The molecule has 0 radical (unpaired) electrons. The zero-order valence-corrected chi connectivity index (χ0v) is 38.1. The van der Waals surface area contributed by atoms with Crippen LogP contribution in [0.15, 0.2) is 24.3 Å². The second kappa shape index (κ2) is 46.6. The Labute approximate surface area is 353 Å². The Morgan fingerprint density at radius 1 is 0.333 bits per heavy atom. The summed E-state index contributed by atoms with van der Waals surface area (Å²) < 4.78 is 16.7. The highest BCUT2D eigenvalue weighted by molar-refractivity contribution is 5.71. The van der Waals surface area contributed by atoms with Gasteiger partial charge in [0.2, 0.25) is 0 Å². The molecule has 0 aromatic carbocycles. The fraction of sp³-hybridized carbons (Fsp3) is 0.863. The van der Waals surface area contributed by atoms with E-state index in [1.165, 1.54) is 141 Å². The van der Waals surface area contributed by atoms with Gasteiger partial charge in [0.1, 0.15) is 13.2 Å². The predicted molar refractivity (Wildman–Crippen MR) is 243 cm³/mol. The molecule has 0 spiro atoms. The minimum Gasteiger partial charge on any atom is -0.462 e. The van der Waals surface area contributed by atoms with Gasteiger partial charge in [-0.1, -0.05) is 199 Å². The van der Waals surface area contributed by atoms with Crippen molar-refractivity contribution >= 4 is 17.9 Å². The van der Waals surface area contributed by atoms with Gasteiger partial charge in [-0.05, 0) is 70.6 Å². The Bertz CT molecular complexity index is 927. The number of rotatable bonds is 45. The summed E-state index contributed by atoms with van der Waals surface area (Å²) in [5, 5.41) is 0. The molecule has 0 saturated carbocycles. The highest BCUT2D eigenvalue weighted by Gasteiger charge is 2.19. The fourth-order valence-corrected chi connectivity index (χ4v) is 7.14. The largest absolute Gasteiger partial charge is 0.462 e. The lowest BCUT2D eigenvalue weighted by atomic mass is 10.1. The maximum atomic E-state index is 12.7. The Morgan fingerprint density at radius 3 is 0.895 bits per heavy atom. The molecule has 6 nitrogen and oxygen atoms in total. The molecule has 0 aliphatic heterocycles. The van der Waals surface area contributed by atoms with Gasteiger partial charge in [-0.25, -0.2) is 0 Å². The molecular formula is C51H94O6. The van der Waals surface area contributed by atoms with E-state index in [0.717, 1.165) is 83.5 Å². The lowest BCUT2D eigenvalue weighted by Gasteiger charge is -2.18. The molecule has 0 bridgehead atoms. The van der Waals surface area contributed by atoms with Crippen molar-refractivity contribution in [1.29, 1.82) is 0 Å². The normalized spacial score (nSPS) is 12.1. The number of allylic oxidation sites excluding steroid dienone is 4. The van der Waals surface area contributed by atoms with Crippen molar-refractivity contribution < 1.29 is 28.6 Å². The number of hydrogen-bond donors (Lipinski definition) is 0. The molecule has 57 heavy (non-hydrogen) atoms. The predicted octanol–water partition coefficient (Wildman–Crippen LogP) is 16.0. The Morgan fingerprint density at radius 2 is 0.579 bits per heavy atom. The minimum absolute atomic E-state index is 0.0788.